The van der Waals surface area contributed by atoms with E-state index in [0.717, 1.165) is 21.4 Å². The zero-order chi connectivity index (χ0) is 18.2. The first kappa shape index (κ1) is 17.0. The Morgan fingerprint density at radius 2 is 2.04 bits per heavy atom. The van der Waals surface area contributed by atoms with Gasteiger partial charge in [0.25, 0.3) is 0 Å². The summed E-state index contributed by atoms with van der Waals surface area (Å²) < 4.78 is 7.64. The third-order valence-corrected chi connectivity index (χ3v) is 6.26. The number of aromatic nitrogens is 5. The summed E-state index contributed by atoms with van der Waals surface area (Å²) in [6.45, 7) is 0. The molecule has 27 heavy (non-hydrogen) atoms. The highest BCUT2D eigenvalue weighted by Gasteiger charge is 2.30. The number of rotatable bonds is 6. The molecule has 0 bridgehead atoms. The molecule has 9 heteroatoms. The molecular weight excluding hydrogens is 402 g/mol. The summed E-state index contributed by atoms with van der Waals surface area (Å²) >= 11 is 9.18. The molecule has 1 saturated carbocycles. The van der Waals surface area contributed by atoms with Crippen molar-refractivity contribution in [3.63, 3.8) is 0 Å². The molecule has 1 aliphatic carbocycles. The van der Waals surface area contributed by atoms with E-state index in [9.17, 15) is 0 Å². The molecule has 136 valence electrons. The first-order chi connectivity index (χ1) is 13.3. The summed E-state index contributed by atoms with van der Waals surface area (Å²) in [5, 5.41) is 16.5. The SMILES string of the molecule is Clc1ccc(-c2noc(CSc3nnc(-c4cccs4)n3C3CC3)n2)cc1. The highest BCUT2D eigenvalue weighted by atomic mass is 35.5. The second kappa shape index (κ2) is 7.10. The van der Waals surface area contributed by atoms with Crippen molar-refractivity contribution < 1.29 is 4.52 Å². The van der Waals surface area contributed by atoms with Gasteiger partial charge in [0.05, 0.1) is 10.6 Å². The Bertz CT molecular complexity index is 1050. The lowest BCUT2D eigenvalue weighted by molar-refractivity contribution is 0.391. The predicted molar refractivity (Wildman–Crippen MR) is 106 cm³/mol. The van der Waals surface area contributed by atoms with Gasteiger partial charge in [0, 0.05) is 16.6 Å². The minimum atomic E-state index is 0.493. The van der Waals surface area contributed by atoms with E-state index in [-0.39, 0.29) is 0 Å². The molecule has 1 aromatic carbocycles. The summed E-state index contributed by atoms with van der Waals surface area (Å²) in [4.78, 5) is 5.62. The third kappa shape index (κ3) is 3.52. The van der Waals surface area contributed by atoms with Crippen LogP contribution in [0.3, 0.4) is 0 Å². The monoisotopic (exact) mass is 415 g/mol. The number of thioether (sulfide) groups is 1. The lowest BCUT2D eigenvalue weighted by Gasteiger charge is -2.06. The van der Waals surface area contributed by atoms with Crippen molar-refractivity contribution in [1.29, 1.82) is 0 Å². The van der Waals surface area contributed by atoms with Gasteiger partial charge < -0.3 is 4.52 Å². The van der Waals surface area contributed by atoms with Gasteiger partial charge in [0.15, 0.2) is 11.0 Å². The Morgan fingerprint density at radius 3 is 2.78 bits per heavy atom. The lowest BCUT2D eigenvalue weighted by Crippen LogP contribution is -1.99. The van der Waals surface area contributed by atoms with Crippen LogP contribution in [0.15, 0.2) is 51.5 Å². The molecule has 0 atom stereocenters. The Kier molecular flexibility index (Phi) is 4.47. The summed E-state index contributed by atoms with van der Waals surface area (Å²) in [5.41, 5.74) is 0.875. The van der Waals surface area contributed by atoms with Gasteiger partial charge in [-0.3, -0.25) is 4.57 Å². The number of hydrogen-bond acceptors (Lipinski definition) is 7. The van der Waals surface area contributed by atoms with Crippen LogP contribution in [0.5, 0.6) is 0 Å². The topological polar surface area (TPSA) is 69.6 Å². The second-order valence-corrected chi connectivity index (χ2v) is 8.52. The van der Waals surface area contributed by atoms with Gasteiger partial charge in [0.2, 0.25) is 11.7 Å². The smallest absolute Gasteiger partial charge is 0.237 e. The van der Waals surface area contributed by atoms with Crippen molar-refractivity contribution >= 4 is 34.7 Å². The van der Waals surface area contributed by atoms with Crippen LogP contribution >= 0.6 is 34.7 Å². The van der Waals surface area contributed by atoms with Gasteiger partial charge in [-0.1, -0.05) is 34.6 Å². The Labute approximate surface area is 168 Å². The molecule has 6 nitrogen and oxygen atoms in total. The largest absolute Gasteiger partial charge is 0.338 e. The predicted octanol–water partition coefficient (Wildman–Crippen LogP) is 5.34. The van der Waals surface area contributed by atoms with Crippen molar-refractivity contribution in [3.8, 4) is 22.1 Å². The van der Waals surface area contributed by atoms with Gasteiger partial charge in [-0.25, -0.2) is 0 Å². The van der Waals surface area contributed by atoms with Crippen LogP contribution in [-0.2, 0) is 5.75 Å². The average molecular weight is 416 g/mol. The highest BCUT2D eigenvalue weighted by molar-refractivity contribution is 7.98. The standard InChI is InChI=1S/C18H14ClN5OS2/c19-12-5-3-11(4-6-12)16-20-15(25-23-16)10-27-18-22-21-17(14-2-1-9-26-14)24(18)13-7-8-13/h1-6,9,13H,7-8,10H2. The Morgan fingerprint density at radius 1 is 1.19 bits per heavy atom. The highest BCUT2D eigenvalue weighted by Crippen LogP contribution is 2.42. The van der Waals surface area contributed by atoms with Gasteiger partial charge in [0.1, 0.15) is 0 Å². The van der Waals surface area contributed by atoms with E-state index in [4.69, 9.17) is 16.1 Å². The van der Waals surface area contributed by atoms with Crippen LogP contribution in [0.25, 0.3) is 22.1 Å². The molecule has 0 saturated heterocycles. The fraction of sp³-hybridized carbons (Fsp3) is 0.222. The molecule has 4 aromatic rings. The van der Waals surface area contributed by atoms with Crippen LogP contribution in [0.4, 0.5) is 0 Å². The van der Waals surface area contributed by atoms with Gasteiger partial charge in [-0.15, -0.1) is 21.5 Å². The molecule has 1 fully saturated rings. The van der Waals surface area contributed by atoms with Crippen molar-refractivity contribution in [3.05, 3.63) is 52.7 Å². The number of benzene rings is 1. The van der Waals surface area contributed by atoms with Crippen LogP contribution < -0.4 is 0 Å². The van der Waals surface area contributed by atoms with E-state index in [2.05, 4.69) is 36.4 Å². The Hall–Kier alpha value is -2.16. The number of halogens is 1. The van der Waals surface area contributed by atoms with E-state index < -0.39 is 0 Å². The fourth-order valence-electron chi connectivity index (χ4n) is 2.77. The molecule has 0 unspecified atom stereocenters. The van der Waals surface area contributed by atoms with E-state index in [1.165, 1.54) is 12.8 Å². The first-order valence-electron chi connectivity index (χ1n) is 8.48. The normalized spacial score (nSPS) is 14.0. The molecule has 3 heterocycles. The molecule has 1 aliphatic rings. The number of nitrogens with zero attached hydrogens (tertiary/aromatic N) is 5. The summed E-state index contributed by atoms with van der Waals surface area (Å²) in [6.07, 6.45) is 2.34. The average Bonchev–Trinajstić information content (AvgIpc) is 3.10. The molecule has 0 amide bonds. The Balaban J connectivity index is 1.34. The quantitative estimate of drug-likeness (QED) is 0.396. The maximum absolute atomic E-state index is 5.92. The van der Waals surface area contributed by atoms with Crippen molar-refractivity contribution in [2.45, 2.75) is 29.8 Å². The second-order valence-electron chi connectivity index (χ2n) is 6.19. The van der Waals surface area contributed by atoms with E-state index in [1.54, 1.807) is 23.1 Å². The number of thiophene rings is 1. The third-order valence-electron chi connectivity index (χ3n) is 4.21. The van der Waals surface area contributed by atoms with Crippen molar-refractivity contribution in [1.82, 2.24) is 24.9 Å². The van der Waals surface area contributed by atoms with Crippen LogP contribution in [0.2, 0.25) is 5.02 Å². The molecular formula is C18H14ClN5OS2. The zero-order valence-corrected chi connectivity index (χ0v) is 16.5. The molecule has 0 aliphatic heterocycles. The van der Waals surface area contributed by atoms with Gasteiger partial charge >= 0.3 is 0 Å². The molecule has 0 N–H and O–H groups in total. The van der Waals surface area contributed by atoms with E-state index in [0.29, 0.717) is 28.5 Å². The first-order valence-corrected chi connectivity index (χ1v) is 10.7. The zero-order valence-electron chi connectivity index (χ0n) is 14.1. The van der Waals surface area contributed by atoms with Crippen molar-refractivity contribution in [2.24, 2.45) is 0 Å². The number of hydrogen-bond donors (Lipinski definition) is 0. The summed E-state index contributed by atoms with van der Waals surface area (Å²) in [5.74, 6) is 2.62. The lowest BCUT2D eigenvalue weighted by atomic mass is 10.2. The van der Waals surface area contributed by atoms with Gasteiger partial charge in [-0.2, -0.15) is 4.98 Å². The van der Waals surface area contributed by atoms with Gasteiger partial charge in [-0.05, 0) is 48.6 Å². The van der Waals surface area contributed by atoms with E-state index >= 15 is 0 Å². The molecule has 5 rings (SSSR count). The minimum absolute atomic E-state index is 0.493. The maximum atomic E-state index is 5.92. The molecule has 0 radical (unpaired) electrons. The van der Waals surface area contributed by atoms with Crippen molar-refractivity contribution in [2.75, 3.05) is 0 Å². The summed E-state index contributed by atoms with van der Waals surface area (Å²) in [6, 6.07) is 12.0. The molecule has 0 spiro atoms. The van der Waals surface area contributed by atoms with Crippen LogP contribution in [-0.4, -0.2) is 24.9 Å². The van der Waals surface area contributed by atoms with E-state index in [1.807, 2.05) is 30.3 Å². The summed E-state index contributed by atoms with van der Waals surface area (Å²) in [7, 11) is 0. The maximum Gasteiger partial charge on any atom is 0.237 e. The minimum Gasteiger partial charge on any atom is -0.338 e. The van der Waals surface area contributed by atoms with Crippen LogP contribution in [0.1, 0.15) is 24.8 Å². The molecule has 3 aromatic heterocycles. The van der Waals surface area contributed by atoms with Crippen LogP contribution in [0, 0.1) is 0 Å². The fourth-order valence-corrected chi connectivity index (χ4v) is 4.44.